The number of ketones is 1. The fourth-order valence-electron chi connectivity index (χ4n) is 2.36. The lowest BCUT2D eigenvalue weighted by molar-refractivity contribution is -0.681. The first-order chi connectivity index (χ1) is 11.1. The Morgan fingerprint density at radius 3 is 2.39 bits per heavy atom. The van der Waals surface area contributed by atoms with E-state index in [1.807, 2.05) is 42.7 Å². The number of halogens is 2. The first-order valence-electron chi connectivity index (χ1n) is 7.08. The van der Waals surface area contributed by atoms with Gasteiger partial charge in [-0.3, -0.25) is 4.79 Å². The van der Waals surface area contributed by atoms with Gasteiger partial charge in [-0.05, 0) is 35.7 Å². The number of Topliss-reactive ketones (excluding diaryl/α,β-unsaturated/α-hetero) is 1. The van der Waals surface area contributed by atoms with Crippen molar-refractivity contribution in [3.05, 3.63) is 72.6 Å². The summed E-state index contributed by atoms with van der Waals surface area (Å²) in [6.45, 7) is -2.69. The van der Waals surface area contributed by atoms with Crippen molar-refractivity contribution >= 4 is 16.6 Å². The number of fused-ring (bicyclic) bond motifs is 1. The van der Waals surface area contributed by atoms with Gasteiger partial charge in [-0.25, -0.2) is 0 Å². The van der Waals surface area contributed by atoms with Crippen LogP contribution in [0, 0.1) is 0 Å². The second-order valence-corrected chi connectivity index (χ2v) is 5.07. The number of hydrogen-bond acceptors (Lipinski definition) is 2. The normalized spacial score (nSPS) is 10.9. The molecule has 0 radical (unpaired) electrons. The number of aromatic nitrogens is 1. The summed E-state index contributed by atoms with van der Waals surface area (Å²) in [7, 11) is 0. The van der Waals surface area contributed by atoms with Crippen LogP contribution in [-0.4, -0.2) is 12.4 Å². The van der Waals surface area contributed by atoms with Gasteiger partial charge in [0.15, 0.2) is 12.4 Å². The summed E-state index contributed by atoms with van der Waals surface area (Å²) >= 11 is 0. The molecule has 0 aliphatic carbocycles. The molecule has 116 valence electrons. The molecule has 1 aromatic heterocycles. The number of carbonyl (C=O) groups is 1. The number of ether oxygens (including phenoxy) is 1. The van der Waals surface area contributed by atoms with E-state index in [2.05, 4.69) is 4.74 Å². The number of rotatable bonds is 5. The molecule has 0 fully saturated rings. The Labute approximate surface area is 131 Å². The van der Waals surface area contributed by atoms with E-state index >= 15 is 0 Å². The third-order valence-electron chi connectivity index (χ3n) is 3.47. The molecule has 0 aliphatic rings. The van der Waals surface area contributed by atoms with E-state index in [1.54, 1.807) is 4.57 Å². The lowest BCUT2D eigenvalue weighted by Gasteiger charge is -2.04. The summed E-state index contributed by atoms with van der Waals surface area (Å²) in [5, 5.41) is 2.15. The Kier molecular flexibility index (Phi) is 4.28. The van der Waals surface area contributed by atoms with Gasteiger partial charge in [0, 0.05) is 17.0 Å². The van der Waals surface area contributed by atoms with Gasteiger partial charge in [-0.15, -0.1) is 0 Å². The summed E-state index contributed by atoms with van der Waals surface area (Å²) in [6.07, 6.45) is 3.75. The van der Waals surface area contributed by atoms with Crippen LogP contribution in [0.15, 0.2) is 67.0 Å². The second-order valence-electron chi connectivity index (χ2n) is 5.07. The first-order valence-corrected chi connectivity index (χ1v) is 7.08. The lowest BCUT2D eigenvalue weighted by Crippen LogP contribution is -2.37. The van der Waals surface area contributed by atoms with E-state index < -0.39 is 6.61 Å². The topological polar surface area (TPSA) is 30.2 Å². The predicted octanol–water partition coefficient (Wildman–Crippen LogP) is 3.61. The van der Waals surface area contributed by atoms with Crippen molar-refractivity contribution < 1.29 is 22.9 Å². The minimum Gasteiger partial charge on any atom is -0.435 e. The standard InChI is InChI=1S/C18H14F2NO2/c19-18(20)23-16-7-5-14(6-8-16)17(22)12-21-10-9-13-3-1-2-4-15(13)11-21/h1-11,18H,12H2/q+1. The van der Waals surface area contributed by atoms with Gasteiger partial charge in [0.1, 0.15) is 5.75 Å². The predicted molar refractivity (Wildman–Crippen MR) is 81.5 cm³/mol. The van der Waals surface area contributed by atoms with Crippen LogP contribution >= 0.6 is 0 Å². The van der Waals surface area contributed by atoms with Gasteiger partial charge in [0.25, 0.3) is 0 Å². The van der Waals surface area contributed by atoms with Gasteiger partial charge in [-0.2, -0.15) is 13.3 Å². The summed E-state index contributed by atoms with van der Waals surface area (Å²) in [5.41, 5.74) is 0.451. The smallest absolute Gasteiger partial charge is 0.387 e. The molecular weight excluding hydrogens is 300 g/mol. The molecule has 0 saturated heterocycles. The third kappa shape index (κ3) is 3.69. The summed E-state index contributed by atoms with van der Waals surface area (Å²) in [5.74, 6) is -0.0659. The Bertz CT molecular complexity index is 832. The minimum absolute atomic E-state index is 0.0370. The highest BCUT2D eigenvalue weighted by molar-refractivity contribution is 5.95. The largest absolute Gasteiger partial charge is 0.435 e. The summed E-state index contributed by atoms with van der Waals surface area (Å²) in [4.78, 5) is 12.3. The molecule has 0 saturated carbocycles. The van der Waals surface area contributed by atoms with Crippen LogP contribution in [0.25, 0.3) is 10.8 Å². The van der Waals surface area contributed by atoms with Gasteiger partial charge in [0.05, 0.1) is 0 Å². The van der Waals surface area contributed by atoms with Gasteiger partial charge < -0.3 is 4.74 Å². The van der Waals surface area contributed by atoms with Crippen LogP contribution in [0.4, 0.5) is 8.78 Å². The molecule has 3 aromatic rings. The number of benzene rings is 2. The Hall–Kier alpha value is -2.82. The van der Waals surface area contributed by atoms with E-state index in [0.29, 0.717) is 5.56 Å². The van der Waals surface area contributed by atoms with E-state index in [0.717, 1.165) is 10.8 Å². The molecule has 3 nitrogen and oxygen atoms in total. The highest BCUT2D eigenvalue weighted by Gasteiger charge is 2.13. The highest BCUT2D eigenvalue weighted by Crippen LogP contribution is 2.15. The molecule has 0 atom stereocenters. The van der Waals surface area contributed by atoms with Crippen LogP contribution in [0.2, 0.25) is 0 Å². The van der Waals surface area contributed by atoms with Crippen LogP contribution in [0.3, 0.4) is 0 Å². The second kappa shape index (κ2) is 6.52. The number of nitrogens with zero attached hydrogens (tertiary/aromatic N) is 1. The van der Waals surface area contributed by atoms with Crippen molar-refractivity contribution in [2.75, 3.05) is 0 Å². The van der Waals surface area contributed by atoms with E-state index in [4.69, 9.17) is 0 Å². The zero-order valence-corrected chi connectivity index (χ0v) is 12.2. The van der Waals surface area contributed by atoms with E-state index in [-0.39, 0.29) is 18.1 Å². The maximum Gasteiger partial charge on any atom is 0.387 e. The van der Waals surface area contributed by atoms with E-state index in [1.165, 1.54) is 24.3 Å². The molecule has 0 bridgehead atoms. The van der Waals surface area contributed by atoms with Crippen molar-refractivity contribution in [1.29, 1.82) is 0 Å². The Morgan fingerprint density at radius 1 is 1.00 bits per heavy atom. The maximum atomic E-state index is 12.3. The Morgan fingerprint density at radius 2 is 1.70 bits per heavy atom. The van der Waals surface area contributed by atoms with Crippen LogP contribution in [-0.2, 0) is 6.54 Å². The average Bonchev–Trinajstić information content (AvgIpc) is 2.55. The van der Waals surface area contributed by atoms with Gasteiger partial charge >= 0.3 is 6.61 Å². The quantitative estimate of drug-likeness (QED) is 0.532. The molecule has 0 unspecified atom stereocenters. The zero-order chi connectivity index (χ0) is 16.2. The molecule has 23 heavy (non-hydrogen) atoms. The number of hydrogen-bond donors (Lipinski definition) is 0. The fourth-order valence-corrected chi connectivity index (χ4v) is 2.36. The van der Waals surface area contributed by atoms with Crippen molar-refractivity contribution in [1.82, 2.24) is 0 Å². The maximum absolute atomic E-state index is 12.3. The number of alkyl halides is 2. The van der Waals surface area contributed by atoms with Gasteiger partial charge in [-0.1, -0.05) is 18.2 Å². The van der Waals surface area contributed by atoms with Crippen LogP contribution in [0.1, 0.15) is 10.4 Å². The lowest BCUT2D eigenvalue weighted by atomic mass is 10.1. The molecule has 5 heteroatoms. The minimum atomic E-state index is -2.87. The fraction of sp³-hybridized carbons (Fsp3) is 0.111. The average molecular weight is 314 g/mol. The Balaban J connectivity index is 1.74. The van der Waals surface area contributed by atoms with Crippen molar-refractivity contribution in [2.24, 2.45) is 0 Å². The zero-order valence-electron chi connectivity index (χ0n) is 12.2. The van der Waals surface area contributed by atoms with Crippen molar-refractivity contribution in [2.45, 2.75) is 13.2 Å². The van der Waals surface area contributed by atoms with E-state index in [9.17, 15) is 13.6 Å². The molecule has 3 rings (SSSR count). The highest BCUT2D eigenvalue weighted by atomic mass is 19.3. The third-order valence-corrected chi connectivity index (χ3v) is 3.47. The molecule has 0 N–H and O–H groups in total. The first kappa shape index (κ1) is 15.1. The monoisotopic (exact) mass is 314 g/mol. The molecule has 0 aliphatic heterocycles. The summed E-state index contributed by atoms with van der Waals surface area (Å²) < 4.78 is 30.3. The SMILES string of the molecule is O=C(C[n+]1ccc2ccccc2c1)c1ccc(OC(F)F)cc1. The van der Waals surface area contributed by atoms with Crippen molar-refractivity contribution in [3.8, 4) is 5.75 Å². The summed E-state index contributed by atoms with van der Waals surface area (Å²) in [6, 6.07) is 15.5. The number of carbonyl (C=O) groups excluding carboxylic acids is 1. The van der Waals surface area contributed by atoms with Crippen LogP contribution < -0.4 is 9.30 Å². The molecular formula is C18H14F2NO2+. The molecule has 1 heterocycles. The molecule has 0 spiro atoms. The van der Waals surface area contributed by atoms with Gasteiger partial charge in [0.2, 0.25) is 12.3 Å². The number of pyridine rings is 1. The van der Waals surface area contributed by atoms with Crippen LogP contribution in [0.5, 0.6) is 5.75 Å². The molecule has 0 amide bonds. The molecule has 2 aromatic carbocycles. The van der Waals surface area contributed by atoms with Crippen molar-refractivity contribution in [3.63, 3.8) is 0 Å².